The summed E-state index contributed by atoms with van der Waals surface area (Å²) in [5.74, 6) is 0. The van der Waals surface area contributed by atoms with Gasteiger partial charge in [0.15, 0.2) is 0 Å². The van der Waals surface area contributed by atoms with Gasteiger partial charge in [-0.15, -0.1) is 0 Å². The minimum absolute atomic E-state index is 0.194. The molecule has 3 nitrogen and oxygen atoms in total. The second-order valence-corrected chi connectivity index (χ2v) is 5.66. The van der Waals surface area contributed by atoms with Crippen LogP contribution in [0.4, 0.5) is 0 Å². The summed E-state index contributed by atoms with van der Waals surface area (Å²) < 4.78 is 0. The van der Waals surface area contributed by atoms with Gasteiger partial charge in [-0.1, -0.05) is 27.2 Å². The Morgan fingerprint density at radius 3 is 2.27 bits per heavy atom. The zero-order valence-electron chi connectivity index (χ0n) is 10.4. The molecule has 1 atom stereocenters. The maximum absolute atomic E-state index is 9.13. The molecule has 1 rings (SSSR count). The summed E-state index contributed by atoms with van der Waals surface area (Å²) in [6.45, 7) is 8.38. The monoisotopic (exact) mass is 214 g/mol. The summed E-state index contributed by atoms with van der Waals surface area (Å²) in [7, 11) is 0. The standard InChI is InChI=1S/C12H26N2O/c1-12(2,3)11(9-13)14(7-8-15)10-5-4-6-10/h10-11,15H,4-9,13H2,1-3H3. The maximum atomic E-state index is 9.13. The predicted octanol–water partition coefficient (Wildman–Crippen LogP) is 1.21. The average molecular weight is 214 g/mol. The van der Waals surface area contributed by atoms with Gasteiger partial charge in [0.25, 0.3) is 0 Å². The molecule has 0 amide bonds. The number of aliphatic hydroxyl groups excluding tert-OH is 1. The van der Waals surface area contributed by atoms with Crippen LogP contribution in [0.3, 0.4) is 0 Å². The van der Waals surface area contributed by atoms with Crippen molar-refractivity contribution in [2.24, 2.45) is 11.1 Å². The van der Waals surface area contributed by atoms with Crippen molar-refractivity contribution in [3.8, 4) is 0 Å². The van der Waals surface area contributed by atoms with E-state index >= 15 is 0 Å². The highest BCUT2D eigenvalue weighted by Crippen LogP contribution is 2.32. The van der Waals surface area contributed by atoms with Gasteiger partial charge in [0.1, 0.15) is 0 Å². The van der Waals surface area contributed by atoms with Gasteiger partial charge in [0.2, 0.25) is 0 Å². The molecular weight excluding hydrogens is 188 g/mol. The van der Waals surface area contributed by atoms with Gasteiger partial charge in [-0.05, 0) is 18.3 Å². The predicted molar refractivity (Wildman–Crippen MR) is 63.7 cm³/mol. The molecule has 0 radical (unpaired) electrons. The first-order chi connectivity index (χ1) is 7.00. The third-order valence-electron chi connectivity index (χ3n) is 3.53. The fraction of sp³-hybridized carbons (Fsp3) is 1.00. The van der Waals surface area contributed by atoms with Gasteiger partial charge >= 0.3 is 0 Å². The van der Waals surface area contributed by atoms with E-state index in [2.05, 4.69) is 25.7 Å². The Morgan fingerprint density at radius 1 is 1.40 bits per heavy atom. The van der Waals surface area contributed by atoms with Crippen molar-refractivity contribution in [2.45, 2.75) is 52.1 Å². The van der Waals surface area contributed by atoms with E-state index in [1.165, 1.54) is 19.3 Å². The van der Waals surface area contributed by atoms with Crippen molar-refractivity contribution in [3.05, 3.63) is 0 Å². The van der Waals surface area contributed by atoms with Crippen molar-refractivity contribution in [3.63, 3.8) is 0 Å². The molecule has 0 aromatic carbocycles. The summed E-state index contributed by atoms with van der Waals surface area (Å²) in [4.78, 5) is 2.42. The second-order valence-electron chi connectivity index (χ2n) is 5.66. The van der Waals surface area contributed by atoms with Gasteiger partial charge in [-0.3, -0.25) is 4.90 Å². The van der Waals surface area contributed by atoms with Crippen LogP contribution < -0.4 is 5.73 Å². The molecule has 1 saturated carbocycles. The first-order valence-electron chi connectivity index (χ1n) is 6.07. The molecule has 0 aromatic rings. The maximum Gasteiger partial charge on any atom is 0.0558 e. The molecule has 0 aliphatic heterocycles. The van der Waals surface area contributed by atoms with Crippen LogP contribution in [0.15, 0.2) is 0 Å². The second kappa shape index (κ2) is 5.28. The van der Waals surface area contributed by atoms with Crippen LogP contribution in [0.1, 0.15) is 40.0 Å². The number of nitrogens with zero attached hydrogens (tertiary/aromatic N) is 1. The fourth-order valence-corrected chi connectivity index (χ4v) is 2.41. The van der Waals surface area contributed by atoms with Gasteiger partial charge in [0.05, 0.1) is 6.61 Å². The van der Waals surface area contributed by atoms with Crippen LogP contribution >= 0.6 is 0 Å². The third kappa shape index (κ3) is 3.16. The number of rotatable bonds is 5. The summed E-state index contributed by atoms with van der Waals surface area (Å²) in [5.41, 5.74) is 6.08. The molecule has 0 spiro atoms. The Balaban J connectivity index is 2.66. The zero-order chi connectivity index (χ0) is 11.5. The van der Waals surface area contributed by atoms with Gasteiger partial charge in [-0.2, -0.15) is 0 Å². The summed E-state index contributed by atoms with van der Waals surface area (Å²) >= 11 is 0. The quantitative estimate of drug-likeness (QED) is 0.723. The van der Waals surface area contributed by atoms with Crippen molar-refractivity contribution in [1.29, 1.82) is 0 Å². The molecule has 15 heavy (non-hydrogen) atoms. The first-order valence-corrected chi connectivity index (χ1v) is 6.07. The summed E-state index contributed by atoms with van der Waals surface area (Å²) in [6, 6.07) is 1.04. The summed E-state index contributed by atoms with van der Waals surface area (Å²) in [5, 5.41) is 9.13. The largest absolute Gasteiger partial charge is 0.395 e. The minimum Gasteiger partial charge on any atom is -0.395 e. The normalized spacial score (nSPS) is 20.4. The van der Waals surface area contributed by atoms with Crippen molar-refractivity contribution >= 4 is 0 Å². The molecule has 0 saturated heterocycles. The average Bonchev–Trinajstić information content (AvgIpc) is 1.99. The Labute approximate surface area is 93.6 Å². The van der Waals surface area contributed by atoms with Gasteiger partial charge in [0, 0.05) is 25.2 Å². The molecule has 1 unspecified atom stereocenters. The van der Waals surface area contributed by atoms with E-state index in [0.717, 1.165) is 6.54 Å². The molecule has 0 heterocycles. The Bertz CT molecular complexity index is 185. The lowest BCUT2D eigenvalue weighted by atomic mass is 9.81. The SMILES string of the molecule is CC(C)(C)C(CN)N(CCO)C1CCC1. The lowest BCUT2D eigenvalue weighted by molar-refractivity contribution is 0.0163. The van der Waals surface area contributed by atoms with E-state index in [4.69, 9.17) is 10.8 Å². The molecule has 1 aliphatic carbocycles. The van der Waals surface area contributed by atoms with E-state index in [-0.39, 0.29) is 12.0 Å². The van der Waals surface area contributed by atoms with E-state index in [9.17, 15) is 0 Å². The molecule has 90 valence electrons. The molecule has 0 aromatic heterocycles. The van der Waals surface area contributed by atoms with Gasteiger partial charge < -0.3 is 10.8 Å². The van der Waals surface area contributed by atoms with Crippen LogP contribution in [0, 0.1) is 5.41 Å². The molecule has 3 N–H and O–H groups in total. The Kier molecular flexibility index (Phi) is 4.56. The minimum atomic E-state index is 0.194. The van der Waals surface area contributed by atoms with Crippen LogP contribution in [0.5, 0.6) is 0 Å². The Hall–Kier alpha value is -0.120. The van der Waals surface area contributed by atoms with E-state index in [0.29, 0.717) is 18.6 Å². The number of hydrogen-bond acceptors (Lipinski definition) is 3. The number of aliphatic hydroxyl groups is 1. The van der Waals surface area contributed by atoms with Crippen molar-refractivity contribution in [2.75, 3.05) is 19.7 Å². The molecular formula is C12H26N2O. The van der Waals surface area contributed by atoms with Crippen LogP contribution in [0.25, 0.3) is 0 Å². The molecule has 1 aliphatic rings. The highest BCUT2D eigenvalue weighted by molar-refractivity contribution is 4.90. The van der Waals surface area contributed by atoms with E-state index in [1.54, 1.807) is 0 Å². The highest BCUT2D eigenvalue weighted by Gasteiger charge is 2.35. The number of nitrogens with two attached hydrogens (primary N) is 1. The number of hydrogen-bond donors (Lipinski definition) is 2. The lowest BCUT2D eigenvalue weighted by Crippen LogP contribution is -2.55. The molecule has 3 heteroatoms. The summed E-state index contributed by atoms with van der Waals surface area (Å²) in [6.07, 6.45) is 3.87. The lowest BCUT2D eigenvalue weighted by Gasteiger charge is -2.47. The van der Waals surface area contributed by atoms with Gasteiger partial charge in [-0.25, -0.2) is 0 Å². The fourth-order valence-electron chi connectivity index (χ4n) is 2.41. The highest BCUT2D eigenvalue weighted by atomic mass is 16.3. The zero-order valence-corrected chi connectivity index (χ0v) is 10.4. The molecule has 1 fully saturated rings. The van der Waals surface area contributed by atoms with Crippen molar-refractivity contribution < 1.29 is 5.11 Å². The molecule has 0 bridgehead atoms. The van der Waals surface area contributed by atoms with Crippen LogP contribution in [-0.4, -0.2) is 41.8 Å². The van der Waals surface area contributed by atoms with Crippen LogP contribution in [-0.2, 0) is 0 Å². The van der Waals surface area contributed by atoms with E-state index in [1.807, 2.05) is 0 Å². The van der Waals surface area contributed by atoms with E-state index < -0.39 is 0 Å². The Morgan fingerprint density at radius 2 is 2.00 bits per heavy atom. The third-order valence-corrected chi connectivity index (χ3v) is 3.53. The smallest absolute Gasteiger partial charge is 0.0558 e. The van der Waals surface area contributed by atoms with Crippen molar-refractivity contribution in [1.82, 2.24) is 4.90 Å². The topological polar surface area (TPSA) is 49.5 Å². The first kappa shape index (κ1) is 12.9. The van der Waals surface area contributed by atoms with Crippen LogP contribution in [0.2, 0.25) is 0 Å².